The molecular formula is C40H76. The molecular weight excluding hydrogens is 480 g/mol. The topological polar surface area (TPSA) is 0 Å². The van der Waals surface area contributed by atoms with E-state index in [1.54, 1.807) is 16.7 Å². The maximum absolute atomic E-state index is 2.50. The van der Waals surface area contributed by atoms with Crippen molar-refractivity contribution in [2.75, 3.05) is 0 Å². The molecule has 0 aliphatic rings. The number of unbranched alkanes of at least 4 members (excludes halogenated alkanes) is 22. The average Bonchev–Trinajstić information content (AvgIpc) is 2.94. The van der Waals surface area contributed by atoms with Crippen LogP contribution in [-0.2, 0) is 0 Å². The van der Waals surface area contributed by atoms with E-state index in [2.05, 4.69) is 52.8 Å². The summed E-state index contributed by atoms with van der Waals surface area (Å²) >= 11 is 0. The van der Waals surface area contributed by atoms with E-state index in [0.29, 0.717) is 0 Å². The summed E-state index contributed by atoms with van der Waals surface area (Å²) in [6, 6.07) is 0. The minimum atomic E-state index is 1.12. The quantitative estimate of drug-likeness (QED) is 0.0588. The highest BCUT2D eigenvalue weighted by molar-refractivity contribution is 5.08. The fraction of sp³-hybridized carbons (Fsp3) is 0.850. The molecule has 0 radical (unpaired) electrons. The second-order valence-corrected chi connectivity index (χ2v) is 13.2. The zero-order valence-corrected chi connectivity index (χ0v) is 28.7. The van der Waals surface area contributed by atoms with Crippen molar-refractivity contribution in [1.29, 1.82) is 0 Å². The molecule has 0 N–H and O–H groups in total. The Kier molecular flexibility index (Phi) is 32.1. The third-order valence-corrected chi connectivity index (χ3v) is 8.81. The van der Waals surface area contributed by atoms with Crippen molar-refractivity contribution in [3.8, 4) is 0 Å². The summed E-state index contributed by atoms with van der Waals surface area (Å²) in [5.74, 6) is 0. The van der Waals surface area contributed by atoms with Crippen LogP contribution in [0.2, 0.25) is 0 Å². The number of allylic oxidation sites excluding steroid dienone is 6. The Labute approximate surface area is 255 Å². The van der Waals surface area contributed by atoms with Crippen LogP contribution >= 0.6 is 0 Å². The molecule has 0 aromatic carbocycles. The van der Waals surface area contributed by atoms with Gasteiger partial charge in [0.05, 0.1) is 0 Å². The van der Waals surface area contributed by atoms with Gasteiger partial charge in [-0.3, -0.25) is 0 Å². The Morgan fingerprint density at radius 2 is 0.600 bits per heavy atom. The van der Waals surface area contributed by atoms with Gasteiger partial charge in [-0.05, 0) is 65.7 Å². The van der Waals surface area contributed by atoms with E-state index in [1.165, 1.54) is 180 Å². The van der Waals surface area contributed by atoms with Crippen molar-refractivity contribution in [3.05, 3.63) is 34.9 Å². The lowest BCUT2D eigenvalue weighted by Crippen LogP contribution is -1.84. The number of hydrogen-bond acceptors (Lipinski definition) is 0. The van der Waals surface area contributed by atoms with Gasteiger partial charge in [0.1, 0.15) is 0 Å². The maximum atomic E-state index is 2.50. The van der Waals surface area contributed by atoms with E-state index in [1.807, 2.05) is 0 Å². The molecule has 0 spiro atoms. The van der Waals surface area contributed by atoms with Gasteiger partial charge in [-0.1, -0.05) is 190 Å². The van der Waals surface area contributed by atoms with E-state index in [-0.39, 0.29) is 0 Å². The van der Waals surface area contributed by atoms with Crippen LogP contribution in [0.5, 0.6) is 0 Å². The first-order chi connectivity index (χ1) is 19.6. The summed E-state index contributed by atoms with van der Waals surface area (Å²) < 4.78 is 0. The monoisotopic (exact) mass is 557 g/mol. The SMILES string of the molecule is CCCCCCCCCCCCCC/C(C)=C/C/C=C(\C)CC/C=C(\C)CCCCCCCCCCCCCC. The van der Waals surface area contributed by atoms with Gasteiger partial charge < -0.3 is 0 Å². The zero-order valence-electron chi connectivity index (χ0n) is 28.7. The highest BCUT2D eigenvalue weighted by atomic mass is 14.0. The molecule has 0 unspecified atom stereocenters. The Hall–Kier alpha value is -0.780. The van der Waals surface area contributed by atoms with Crippen LogP contribution in [0.25, 0.3) is 0 Å². The van der Waals surface area contributed by atoms with E-state index in [0.717, 1.165) is 6.42 Å². The minimum Gasteiger partial charge on any atom is -0.0853 e. The molecule has 0 nitrogen and oxygen atoms in total. The van der Waals surface area contributed by atoms with E-state index in [9.17, 15) is 0 Å². The molecule has 236 valence electrons. The molecule has 0 bridgehead atoms. The van der Waals surface area contributed by atoms with Crippen molar-refractivity contribution in [1.82, 2.24) is 0 Å². The van der Waals surface area contributed by atoms with E-state index >= 15 is 0 Å². The van der Waals surface area contributed by atoms with E-state index in [4.69, 9.17) is 0 Å². The van der Waals surface area contributed by atoms with Gasteiger partial charge >= 0.3 is 0 Å². The third kappa shape index (κ3) is 31.7. The van der Waals surface area contributed by atoms with Crippen LogP contribution in [0, 0.1) is 0 Å². The Morgan fingerprint density at radius 3 is 0.950 bits per heavy atom. The van der Waals surface area contributed by atoms with Crippen LogP contribution in [0.3, 0.4) is 0 Å². The molecule has 0 saturated heterocycles. The lowest BCUT2D eigenvalue weighted by atomic mass is 10.0. The van der Waals surface area contributed by atoms with Crippen LogP contribution < -0.4 is 0 Å². The Morgan fingerprint density at radius 1 is 0.325 bits per heavy atom. The number of rotatable bonds is 31. The van der Waals surface area contributed by atoms with Gasteiger partial charge in [0.25, 0.3) is 0 Å². The van der Waals surface area contributed by atoms with Gasteiger partial charge in [0, 0.05) is 0 Å². The molecule has 0 saturated carbocycles. The van der Waals surface area contributed by atoms with Gasteiger partial charge in [-0.15, -0.1) is 0 Å². The summed E-state index contributed by atoms with van der Waals surface area (Å²) in [6.45, 7) is 11.6. The van der Waals surface area contributed by atoms with Crippen molar-refractivity contribution in [3.63, 3.8) is 0 Å². The number of hydrogen-bond donors (Lipinski definition) is 0. The predicted octanol–water partition coefficient (Wildman–Crippen LogP) is 15.2. The van der Waals surface area contributed by atoms with Crippen molar-refractivity contribution >= 4 is 0 Å². The van der Waals surface area contributed by atoms with Crippen molar-refractivity contribution < 1.29 is 0 Å². The van der Waals surface area contributed by atoms with Crippen LogP contribution in [0.1, 0.15) is 221 Å². The van der Waals surface area contributed by atoms with Crippen LogP contribution in [-0.4, -0.2) is 0 Å². The first-order valence-corrected chi connectivity index (χ1v) is 18.6. The smallest absolute Gasteiger partial charge is 0.0164 e. The molecule has 0 aliphatic heterocycles. The lowest BCUT2D eigenvalue weighted by molar-refractivity contribution is 0.543. The largest absolute Gasteiger partial charge is 0.0853 e. The zero-order chi connectivity index (χ0) is 29.4. The van der Waals surface area contributed by atoms with Crippen LogP contribution in [0.4, 0.5) is 0 Å². The van der Waals surface area contributed by atoms with Crippen molar-refractivity contribution in [2.24, 2.45) is 0 Å². The molecule has 0 rings (SSSR count). The highest BCUT2D eigenvalue weighted by Gasteiger charge is 1.97. The minimum absolute atomic E-state index is 1.12. The van der Waals surface area contributed by atoms with Gasteiger partial charge in [-0.2, -0.15) is 0 Å². The summed E-state index contributed by atoms with van der Waals surface area (Å²) in [6.07, 6.45) is 48.1. The van der Waals surface area contributed by atoms with Gasteiger partial charge in [-0.25, -0.2) is 0 Å². The molecule has 0 heterocycles. The van der Waals surface area contributed by atoms with Crippen molar-refractivity contribution in [2.45, 2.75) is 221 Å². The molecule has 0 heteroatoms. The summed E-state index contributed by atoms with van der Waals surface area (Å²) in [7, 11) is 0. The molecule has 0 amide bonds. The maximum Gasteiger partial charge on any atom is -0.0164 e. The second-order valence-electron chi connectivity index (χ2n) is 13.2. The first-order valence-electron chi connectivity index (χ1n) is 18.6. The third-order valence-electron chi connectivity index (χ3n) is 8.81. The van der Waals surface area contributed by atoms with Gasteiger partial charge in [0.15, 0.2) is 0 Å². The molecule has 40 heavy (non-hydrogen) atoms. The molecule has 0 aromatic rings. The highest BCUT2D eigenvalue weighted by Crippen LogP contribution is 2.17. The first kappa shape index (κ1) is 39.2. The van der Waals surface area contributed by atoms with E-state index < -0.39 is 0 Å². The summed E-state index contributed by atoms with van der Waals surface area (Å²) in [4.78, 5) is 0. The fourth-order valence-electron chi connectivity index (χ4n) is 5.80. The average molecular weight is 557 g/mol. The normalized spacial score (nSPS) is 13.0. The Bertz CT molecular complexity index is 589. The molecule has 0 aromatic heterocycles. The van der Waals surface area contributed by atoms with Gasteiger partial charge in [0.2, 0.25) is 0 Å². The molecule has 0 aliphatic carbocycles. The molecule has 0 fully saturated rings. The summed E-state index contributed by atoms with van der Waals surface area (Å²) in [5, 5.41) is 0. The second kappa shape index (κ2) is 32.7. The Balaban J connectivity index is 3.61. The van der Waals surface area contributed by atoms with Crippen LogP contribution in [0.15, 0.2) is 34.9 Å². The lowest BCUT2D eigenvalue weighted by Gasteiger charge is -2.04. The predicted molar refractivity (Wildman–Crippen MR) is 187 cm³/mol. The fourth-order valence-corrected chi connectivity index (χ4v) is 5.80. The summed E-state index contributed by atoms with van der Waals surface area (Å²) in [5.41, 5.74) is 4.76. The standard InChI is InChI=1S/C40H76/c1-6-8-10-12-14-16-18-20-22-24-26-28-32-38(3)34-30-36-40(5)37-31-35-39(4)33-29-27-25-23-21-19-17-15-13-11-9-7-2/h34-36H,6-33,37H2,1-5H3/b38-34+,39-35+,40-36+. The molecule has 0 atom stereocenters.